The van der Waals surface area contributed by atoms with Gasteiger partial charge in [-0.1, -0.05) is 0 Å². The van der Waals surface area contributed by atoms with E-state index in [9.17, 15) is 14.4 Å². The maximum Gasteiger partial charge on any atom is 0.344 e. The molecule has 144 valence electrons. The number of carbonyl (C=O) groups is 2. The highest BCUT2D eigenvalue weighted by Crippen LogP contribution is 2.19. The van der Waals surface area contributed by atoms with Crippen LogP contribution in [0.5, 0.6) is 5.75 Å². The van der Waals surface area contributed by atoms with E-state index in [2.05, 4.69) is 0 Å². The number of fused-ring (bicyclic) bond motifs is 1. The Kier molecular flexibility index (Phi) is 7.55. The topological polar surface area (TPSA) is 134 Å². The normalized spacial score (nSPS) is 9.93. The van der Waals surface area contributed by atoms with E-state index in [0.717, 1.165) is 0 Å². The van der Waals surface area contributed by atoms with Gasteiger partial charge in [0.1, 0.15) is 11.3 Å². The lowest BCUT2D eigenvalue weighted by Gasteiger charge is -2.20. The number of benzene rings is 1. The lowest BCUT2D eigenvalue weighted by Crippen LogP contribution is -2.36. The van der Waals surface area contributed by atoms with E-state index in [4.69, 9.17) is 24.4 Å². The van der Waals surface area contributed by atoms with Gasteiger partial charge in [0.15, 0.2) is 13.2 Å². The lowest BCUT2D eigenvalue weighted by atomic mass is 10.2. The van der Waals surface area contributed by atoms with Crippen molar-refractivity contribution in [3.8, 4) is 17.9 Å². The van der Waals surface area contributed by atoms with Gasteiger partial charge in [0.25, 0.3) is 5.91 Å². The summed E-state index contributed by atoms with van der Waals surface area (Å²) in [5.41, 5.74) is -0.181. The minimum Gasteiger partial charge on any atom is -0.482 e. The van der Waals surface area contributed by atoms with E-state index in [-0.39, 0.29) is 25.9 Å². The molecule has 2 rings (SSSR count). The Labute approximate surface area is 160 Å². The fourth-order valence-electron chi connectivity index (χ4n) is 2.28. The number of hydrogen-bond donors (Lipinski definition) is 0. The van der Waals surface area contributed by atoms with Crippen molar-refractivity contribution in [1.82, 2.24) is 4.90 Å². The molecule has 0 saturated carbocycles. The molecule has 1 amide bonds. The number of carbonyl (C=O) groups excluding carboxylic acids is 2. The van der Waals surface area contributed by atoms with Crippen molar-refractivity contribution in [2.45, 2.75) is 12.8 Å². The van der Waals surface area contributed by atoms with Crippen LogP contribution in [0.2, 0.25) is 0 Å². The van der Waals surface area contributed by atoms with Crippen LogP contribution in [0.4, 0.5) is 0 Å². The number of hydrogen-bond acceptors (Lipinski definition) is 8. The number of amides is 1. The Morgan fingerprint density at radius 3 is 2.39 bits per heavy atom. The van der Waals surface area contributed by atoms with Crippen molar-refractivity contribution in [2.24, 2.45) is 0 Å². The summed E-state index contributed by atoms with van der Waals surface area (Å²) in [5.74, 6) is -0.954. The Morgan fingerprint density at radius 2 is 1.71 bits per heavy atom. The monoisotopic (exact) mass is 383 g/mol. The van der Waals surface area contributed by atoms with Gasteiger partial charge in [0, 0.05) is 30.6 Å². The number of esters is 1. The summed E-state index contributed by atoms with van der Waals surface area (Å²) in [4.78, 5) is 36.4. The summed E-state index contributed by atoms with van der Waals surface area (Å²) in [6.45, 7) is -0.626. The third kappa shape index (κ3) is 6.15. The van der Waals surface area contributed by atoms with Gasteiger partial charge in [-0.25, -0.2) is 9.59 Å². The number of rotatable bonds is 9. The predicted molar refractivity (Wildman–Crippen MR) is 96.0 cm³/mol. The second-order valence-corrected chi connectivity index (χ2v) is 5.60. The smallest absolute Gasteiger partial charge is 0.344 e. The maximum atomic E-state index is 12.1. The molecule has 0 aliphatic heterocycles. The minimum atomic E-state index is -0.761. The van der Waals surface area contributed by atoms with Crippen molar-refractivity contribution in [3.05, 3.63) is 40.8 Å². The summed E-state index contributed by atoms with van der Waals surface area (Å²) in [5, 5.41) is 17.9. The number of ether oxygens (including phenoxy) is 2. The van der Waals surface area contributed by atoms with Gasteiger partial charge in [-0.15, -0.1) is 0 Å². The van der Waals surface area contributed by atoms with E-state index in [0.29, 0.717) is 16.7 Å². The van der Waals surface area contributed by atoms with Crippen molar-refractivity contribution < 1.29 is 23.5 Å². The van der Waals surface area contributed by atoms with Gasteiger partial charge in [0.05, 0.1) is 25.0 Å². The number of nitrogens with zero attached hydrogens (tertiary/aromatic N) is 3. The predicted octanol–water partition coefficient (Wildman–Crippen LogP) is 1.37. The Morgan fingerprint density at radius 1 is 1.04 bits per heavy atom. The Balaban J connectivity index is 1.84. The molecule has 0 N–H and O–H groups in total. The molecule has 1 aromatic carbocycles. The van der Waals surface area contributed by atoms with Gasteiger partial charge in [-0.05, 0) is 18.2 Å². The van der Waals surface area contributed by atoms with Crippen molar-refractivity contribution >= 4 is 22.8 Å². The molecule has 1 aromatic heterocycles. The van der Waals surface area contributed by atoms with E-state index >= 15 is 0 Å². The molecule has 0 radical (unpaired) electrons. The van der Waals surface area contributed by atoms with Gasteiger partial charge >= 0.3 is 11.6 Å². The summed E-state index contributed by atoms with van der Waals surface area (Å²) >= 11 is 0. The highest BCUT2D eigenvalue weighted by atomic mass is 16.6. The fourth-order valence-corrected chi connectivity index (χ4v) is 2.28. The van der Waals surface area contributed by atoms with Crippen LogP contribution in [0.15, 0.2) is 39.5 Å². The molecule has 0 bridgehead atoms. The maximum absolute atomic E-state index is 12.1. The molecule has 9 nitrogen and oxygen atoms in total. The summed E-state index contributed by atoms with van der Waals surface area (Å²) in [6, 6.07) is 11.5. The first-order valence-corrected chi connectivity index (χ1v) is 8.37. The van der Waals surface area contributed by atoms with Crippen molar-refractivity contribution in [1.29, 1.82) is 10.5 Å². The third-order valence-electron chi connectivity index (χ3n) is 3.65. The quantitative estimate of drug-likeness (QED) is 0.468. The fraction of sp³-hybridized carbons (Fsp3) is 0.316. The molecular formula is C19H17N3O6. The van der Waals surface area contributed by atoms with Crippen molar-refractivity contribution in [3.63, 3.8) is 0 Å². The zero-order valence-electron chi connectivity index (χ0n) is 14.9. The van der Waals surface area contributed by atoms with Crippen LogP contribution in [0, 0.1) is 22.7 Å². The molecule has 9 heteroatoms. The lowest BCUT2D eigenvalue weighted by molar-refractivity contribution is -0.153. The highest BCUT2D eigenvalue weighted by Gasteiger charge is 2.15. The van der Waals surface area contributed by atoms with Gasteiger partial charge in [0.2, 0.25) is 0 Å². The second kappa shape index (κ2) is 10.3. The first-order chi connectivity index (χ1) is 13.5. The summed E-state index contributed by atoms with van der Waals surface area (Å²) in [6.07, 6.45) is 0.235. The first-order valence-electron chi connectivity index (χ1n) is 8.37. The standard InChI is InChI=1S/C19H17N3O6/c20-7-1-9-22(10-2-8-21)17(23)12-27-19(25)13-26-15-5-3-14-4-6-18(24)28-16(14)11-15/h3-6,11H,1-2,9-10,12-13H2. The van der Waals surface area contributed by atoms with Crippen LogP contribution in [-0.2, 0) is 14.3 Å². The third-order valence-corrected chi connectivity index (χ3v) is 3.65. The summed E-state index contributed by atoms with van der Waals surface area (Å²) in [7, 11) is 0. The molecule has 0 atom stereocenters. The molecule has 2 aromatic rings. The molecule has 0 spiro atoms. The molecule has 0 unspecified atom stereocenters. The number of nitriles is 2. The second-order valence-electron chi connectivity index (χ2n) is 5.60. The molecule has 0 aliphatic carbocycles. The van der Waals surface area contributed by atoms with Crippen LogP contribution >= 0.6 is 0 Å². The van der Waals surface area contributed by atoms with Gasteiger partial charge in [-0.3, -0.25) is 4.79 Å². The van der Waals surface area contributed by atoms with Crippen LogP contribution < -0.4 is 10.4 Å². The average molecular weight is 383 g/mol. The summed E-state index contributed by atoms with van der Waals surface area (Å²) < 4.78 is 15.2. The zero-order chi connectivity index (χ0) is 20.4. The zero-order valence-corrected chi connectivity index (χ0v) is 14.9. The van der Waals surface area contributed by atoms with E-state index in [1.165, 1.54) is 17.0 Å². The Hall–Kier alpha value is -3.85. The SMILES string of the molecule is N#CCCN(CCC#N)C(=O)COC(=O)COc1ccc2ccc(=O)oc2c1. The van der Waals surface area contributed by atoms with E-state index < -0.39 is 30.7 Å². The molecule has 0 fully saturated rings. The van der Waals surface area contributed by atoms with Gasteiger partial charge < -0.3 is 18.8 Å². The largest absolute Gasteiger partial charge is 0.482 e. The minimum absolute atomic E-state index is 0.117. The van der Waals surface area contributed by atoms with E-state index in [1.54, 1.807) is 18.2 Å². The molecule has 1 heterocycles. The van der Waals surface area contributed by atoms with Crippen LogP contribution in [0.3, 0.4) is 0 Å². The van der Waals surface area contributed by atoms with Gasteiger partial charge in [-0.2, -0.15) is 10.5 Å². The molecule has 0 saturated heterocycles. The van der Waals surface area contributed by atoms with Crippen LogP contribution in [-0.4, -0.2) is 43.1 Å². The Bertz CT molecular complexity index is 968. The molecule has 0 aliphatic rings. The highest BCUT2D eigenvalue weighted by molar-refractivity contribution is 5.81. The molecular weight excluding hydrogens is 366 g/mol. The first kappa shape index (κ1) is 20.5. The molecule has 28 heavy (non-hydrogen) atoms. The van der Waals surface area contributed by atoms with Crippen LogP contribution in [0.1, 0.15) is 12.8 Å². The van der Waals surface area contributed by atoms with Crippen LogP contribution in [0.25, 0.3) is 11.0 Å². The average Bonchev–Trinajstić information content (AvgIpc) is 2.70. The van der Waals surface area contributed by atoms with Crippen molar-refractivity contribution in [2.75, 3.05) is 26.3 Å². The van der Waals surface area contributed by atoms with E-state index in [1.807, 2.05) is 12.1 Å².